The van der Waals surface area contributed by atoms with Crippen LogP contribution < -0.4 is 10.3 Å². The van der Waals surface area contributed by atoms with E-state index in [-0.39, 0.29) is 29.9 Å². The Morgan fingerprint density at radius 1 is 1.20 bits per heavy atom. The van der Waals surface area contributed by atoms with Crippen molar-refractivity contribution in [2.24, 2.45) is 7.05 Å². The molecule has 3 rings (SSSR count). The van der Waals surface area contributed by atoms with Crippen LogP contribution in [0.1, 0.15) is 11.3 Å². The highest BCUT2D eigenvalue weighted by Gasteiger charge is 2.35. The largest absolute Gasteiger partial charge is 0.492 e. The normalized spacial score (nSPS) is 11.9. The Kier molecular flexibility index (Phi) is 4.28. The summed E-state index contributed by atoms with van der Waals surface area (Å²) in [7, 11) is 1.52. The molecule has 3 aromatic rings. The van der Waals surface area contributed by atoms with Crippen molar-refractivity contribution in [2.75, 3.05) is 6.61 Å². The van der Waals surface area contributed by atoms with Gasteiger partial charge in [0, 0.05) is 13.1 Å². The second kappa shape index (κ2) is 6.27. The molecule has 0 radical (unpaired) electrons. The highest BCUT2D eigenvalue weighted by Crippen LogP contribution is 2.35. The Morgan fingerprint density at radius 2 is 1.88 bits per heavy atom. The Bertz CT molecular complexity index is 959. The first kappa shape index (κ1) is 17.1. The number of ether oxygens (including phenoxy) is 1. The van der Waals surface area contributed by atoms with Gasteiger partial charge in [-0.05, 0) is 19.1 Å². The summed E-state index contributed by atoms with van der Waals surface area (Å²) in [5, 5.41) is 3.99. The Morgan fingerprint density at radius 3 is 2.52 bits per heavy atom. The van der Waals surface area contributed by atoms with Gasteiger partial charge in [0.15, 0.2) is 0 Å². The molecule has 0 aliphatic heterocycles. The quantitative estimate of drug-likeness (QED) is 0.726. The zero-order chi connectivity index (χ0) is 18.2. The lowest BCUT2D eigenvalue weighted by molar-refractivity contribution is -0.136. The topological polar surface area (TPSA) is 49.0 Å². The predicted molar refractivity (Wildman–Crippen MR) is 86.7 cm³/mol. The molecule has 0 amide bonds. The zero-order valence-corrected chi connectivity index (χ0v) is 13.7. The van der Waals surface area contributed by atoms with Crippen LogP contribution in [-0.2, 0) is 19.8 Å². The van der Waals surface area contributed by atoms with Crippen LogP contribution in [0.4, 0.5) is 13.2 Å². The van der Waals surface area contributed by atoms with Crippen molar-refractivity contribution in [3.05, 3.63) is 58.0 Å². The van der Waals surface area contributed by atoms with Gasteiger partial charge >= 0.3 is 6.18 Å². The van der Waals surface area contributed by atoms with Crippen molar-refractivity contribution in [3.63, 3.8) is 0 Å². The molecular formula is C17H16F3N3O2. The molecule has 2 heterocycles. The molecule has 2 aromatic heterocycles. The third-order valence-electron chi connectivity index (χ3n) is 3.88. The van der Waals surface area contributed by atoms with Crippen LogP contribution in [0.25, 0.3) is 11.0 Å². The van der Waals surface area contributed by atoms with Gasteiger partial charge in [-0.1, -0.05) is 18.2 Å². The SMILES string of the molecule is Cc1nn(C)c2c1c(C(F)(F)F)cc(=O)n2CCOc1ccccc1. The fourth-order valence-electron chi connectivity index (χ4n) is 2.86. The number of aromatic nitrogens is 3. The predicted octanol–water partition coefficient (Wildman–Crippen LogP) is 3.14. The van der Waals surface area contributed by atoms with Crippen LogP contribution in [0.2, 0.25) is 0 Å². The number of para-hydroxylation sites is 1. The molecule has 0 spiro atoms. The molecule has 25 heavy (non-hydrogen) atoms. The maximum absolute atomic E-state index is 13.3. The fraction of sp³-hybridized carbons (Fsp3) is 0.294. The summed E-state index contributed by atoms with van der Waals surface area (Å²) < 4.78 is 47.9. The Labute approximate surface area is 141 Å². The number of nitrogens with zero attached hydrogens (tertiary/aromatic N) is 3. The van der Waals surface area contributed by atoms with E-state index in [1.807, 2.05) is 18.2 Å². The highest BCUT2D eigenvalue weighted by molar-refractivity contribution is 5.83. The van der Waals surface area contributed by atoms with Gasteiger partial charge in [-0.15, -0.1) is 0 Å². The Hall–Kier alpha value is -2.77. The third kappa shape index (κ3) is 3.24. The van der Waals surface area contributed by atoms with Gasteiger partial charge in [0.2, 0.25) is 0 Å². The van der Waals surface area contributed by atoms with Gasteiger partial charge in [0.1, 0.15) is 18.0 Å². The lowest BCUT2D eigenvalue weighted by Crippen LogP contribution is -2.26. The van der Waals surface area contributed by atoms with Gasteiger partial charge < -0.3 is 4.74 Å². The number of fused-ring (bicyclic) bond motifs is 1. The lowest BCUT2D eigenvalue weighted by atomic mass is 10.1. The average molecular weight is 351 g/mol. The van der Waals surface area contributed by atoms with Crippen LogP contribution in [-0.4, -0.2) is 21.0 Å². The van der Waals surface area contributed by atoms with Crippen molar-refractivity contribution in [1.82, 2.24) is 14.3 Å². The third-order valence-corrected chi connectivity index (χ3v) is 3.88. The number of alkyl halides is 3. The molecule has 0 aliphatic rings. The smallest absolute Gasteiger partial charge is 0.417 e. The second-order valence-electron chi connectivity index (χ2n) is 5.61. The lowest BCUT2D eigenvalue weighted by Gasteiger charge is -2.14. The zero-order valence-electron chi connectivity index (χ0n) is 13.7. The van der Waals surface area contributed by atoms with Gasteiger partial charge in [-0.3, -0.25) is 14.0 Å². The summed E-state index contributed by atoms with van der Waals surface area (Å²) in [6.07, 6.45) is -4.62. The van der Waals surface area contributed by atoms with E-state index in [0.717, 1.165) is 0 Å². The van der Waals surface area contributed by atoms with Crippen LogP contribution in [0.3, 0.4) is 0 Å². The molecule has 8 heteroatoms. The van der Waals surface area contributed by atoms with Crippen molar-refractivity contribution < 1.29 is 17.9 Å². The first-order chi connectivity index (χ1) is 11.8. The Balaban J connectivity index is 2.01. The maximum atomic E-state index is 13.3. The number of halogens is 3. The summed E-state index contributed by atoms with van der Waals surface area (Å²) >= 11 is 0. The van der Waals surface area contributed by atoms with Crippen LogP contribution in [0, 0.1) is 6.92 Å². The molecule has 5 nitrogen and oxygen atoms in total. The molecule has 132 valence electrons. The van der Waals surface area contributed by atoms with Crippen molar-refractivity contribution in [2.45, 2.75) is 19.6 Å². The van der Waals surface area contributed by atoms with E-state index in [4.69, 9.17) is 4.74 Å². The number of hydrogen-bond acceptors (Lipinski definition) is 3. The average Bonchev–Trinajstić information content (AvgIpc) is 2.84. The monoisotopic (exact) mass is 351 g/mol. The fourth-order valence-corrected chi connectivity index (χ4v) is 2.86. The first-order valence-corrected chi connectivity index (χ1v) is 7.61. The summed E-state index contributed by atoms with van der Waals surface area (Å²) in [5.74, 6) is 0.625. The minimum atomic E-state index is -4.62. The maximum Gasteiger partial charge on any atom is 0.417 e. The minimum absolute atomic E-state index is 0.0608. The van der Waals surface area contributed by atoms with Crippen LogP contribution in [0.15, 0.2) is 41.2 Å². The number of benzene rings is 1. The first-order valence-electron chi connectivity index (χ1n) is 7.61. The van der Waals surface area contributed by atoms with Crippen molar-refractivity contribution >= 4 is 11.0 Å². The summed E-state index contributed by atoms with van der Waals surface area (Å²) in [5.41, 5.74) is -1.34. The molecule has 0 saturated heterocycles. The van der Waals surface area contributed by atoms with Crippen LogP contribution >= 0.6 is 0 Å². The number of aryl methyl sites for hydroxylation is 2. The molecule has 0 bridgehead atoms. The van der Waals surface area contributed by atoms with E-state index in [1.165, 1.54) is 23.2 Å². The molecule has 0 aliphatic carbocycles. The summed E-state index contributed by atoms with van der Waals surface area (Å²) in [6, 6.07) is 9.61. The van der Waals surface area contributed by atoms with Gasteiger partial charge in [0.25, 0.3) is 5.56 Å². The highest BCUT2D eigenvalue weighted by atomic mass is 19.4. The molecule has 0 atom stereocenters. The molecule has 1 aromatic carbocycles. The number of pyridine rings is 1. The van der Waals surface area contributed by atoms with E-state index in [0.29, 0.717) is 11.8 Å². The summed E-state index contributed by atoms with van der Waals surface area (Å²) in [4.78, 5) is 12.3. The van der Waals surface area contributed by atoms with Gasteiger partial charge in [-0.2, -0.15) is 18.3 Å². The standard InChI is InChI=1S/C17H16F3N3O2/c1-11-15-13(17(18,19)20)10-14(24)23(16(15)22(2)21-11)8-9-25-12-6-4-3-5-7-12/h3-7,10H,8-9H2,1-2H3. The molecular weight excluding hydrogens is 335 g/mol. The number of hydrogen-bond donors (Lipinski definition) is 0. The van der Waals surface area contributed by atoms with Crippen molar-refractivity contribution in [3.8, 4) is 5.75 Å². The second-order valence-corrected chi connectivity index (χ2v) is 5.61. The van der Waals surface area contributed by atoms with Crippen molar-refractivity contribution in [1.29, 1.82) is 0 Å². The number of rotatable bonds is 4. The van der Waals surface area contributed by atoms with Gasteiger partial charge in [-0.25, -0.2) is 0 Å². The van der Waals surface area contributed by atoms with E-state index < -0.39 is 17.3 Å². The van der Waals surface area contributed by atoms with E-state index in [1.54, 1.807) is 12.1 Å². The molecule has 0 fully saturated rings. The van der Waals surface area contributed by atoms with Crippen LogP contribution in [0.5, 0.6) is 5.75 Å². The molecule has 0 N–H and O–H groups in total. The molecule has 0 unspecified atom stereocenters. The van der Waals surface area contributed by atoms with E-state index >= 15 is 0 Å². The summed E-state index contributed by atoms with van der Waals surface area (Å²) in [6.45, 7) is 1.75. The molecule has 0 saturated carbocycles. The van der Waals surface area contributed by atoms with Gasteiger partial charge in [0.05, 0.1) is 23.2 Å². The minimum Gasteiger partial charge on any atom is -0.492 e. The van der Waals surface area contributed by atoms with E-state index in [9.17, 15) is 18.0 Å². The van der Waals surface area contributed by atoms with E-state index in [2.05, 4.69) is 5.10 Å².